The van der Waals surface area contributed by atoms with Crippen LogP contribution in [0.4, 0.5) is 0 Å². The second-order valence-corrected chi connectivity index (χ2v) is 10.3. The van der Waals surface area contributed by atoms with Crippen molar-refractivity contribution in [1.82, 2.24) is 0 Å². The van der Waals surface area contributed by atoms with Crippen LogP contribution in [-0.4, -0.2) is 14.2 Å². The average molecular weight is 357 g/mol. The van der Waals surface area contributed by atoms with E-state index in [-0.39, 0.29) is 5.41 Å². The van der Waals surface area contributed by atoms with E-state index in [0.29, 0.717) is 10.8 Å². The Morgan fingerprint density at radius 1 is 0.846 bits per heavy atom. The molecule has 4 atom stereocenters. The third-order valence-electron chi connectivity index (χ3n) is 8.72. The average Bonchev–Trinajstić information content (AvgIpc) is 2.59. The molecule has 1 aromatic rings. The molecule has 2 saturated carbocycles. The van der Waals surface area contributed by atoms with E-state index in [2.05, 4.69) is 39.8 Å². The second kappa shape index (κ2) is 5.91. The Morgan fingerprint density at radius 2 is 1.54 bits per heavy atom. The number of ether oxygens (including phenoxy) is 2. The van der Waals surface area contributed by atoms with Crippen molar-refractivity contribution in [2.45, 2.75) is 78.1 Å². The van der Waals surface area contributed by atoms with Gasteiger partial charge in [-0.25, -0.2) is 0 Å². The van der Waals surface area contributed by atoms with E-state index in [1.165, 1.54) is 56.1 Å². The fourth-order valence-electron chi connectivity index (χ4n) is 7.58. The van der Waals surface area contributed by atoms with E-state index < -0.39 is 0 Å². The van der Waals surface area contributed by atoms with E-state index in [4.69, 9.17) is 9.47 Å². The Bertz CT molecular complexity index is 706. The normalized spacial score (nSPS) is 37.9. The topological polar surface area (TPSA) is 18.5 Å². The van der Waals surface area contributed by atoms with Gasteiger partial charge in [-0.05, 0) is 89.9 Å². The van der Waals surface area contributed by atoms with Crippen LogP contribution in [0.25, 0.3) is 0 Å². The molecule has 0 amide bonds. The zero-order chi connectivity index (χ0) is 18.7. The molecular formula is C24H36O2. The van der Waals surface area contributed by atoms with Crippen molar-refractivity contribution in [3.05, 3.63) is 23.3 Å². The highest BCUT2D eigenvalue weighted by Crippen LogP contribution is 2.67. The van der Waals surface area contributed by atoms with E-state index >= 15 is 0 Å². The summed E-state index contributed by atoms with van der Waals surface area (Å²) >= 11 is 0. The molecule has 0 radical (unpaired) electrons. The van der Waals surface area contributed by atoms with Crippen LogP contribution in [0.1, 0.15) is 77.3 Å². The van der Waals surface area contributed by atoms with Crippen LogP contribution in [0.2, 0.25) is 0 Å². The van der Waals surface area contributed by atoms with Gasteiger partial charge in [0, 0.05) is 0 Å². The van der Waals surface area contributed by atoms with Crippen molar-refractivity contribution in [3.63, 3.8) is 0 Å². The molecule has 0 bridgehead atoms. The smallest absolute Gasteiger partial charge is 0.161 e. The minimum absolute atomic E-state index is 0.270. The molecule has 1 aromatic carbocycles. The summed E-state index contributed by atoms with van der Waals surface area (Å²) in [6.45, 7) is 10.2. The second-order valence-electron chi connectivity index (χ2n) is 10.3. The van der Waals surface area contributed by atoms with Crippen LogP contribution in [0.15, 0.2) is 12.1 Å². The lowest BCUT2D eigenvalue weighted by Crippen LogP contribution is -2.57. The van der Waals surface area contributed by atoms with Crippen molar-refractivity contribution in [1.29, 1.82) is 0 Å². The molecule has 3 aliphatic rings. The van der Waals surface area contributed by atoms with Crippen LogP contribution in [0, 0.1) is 22.7 Å². The molecule has 2 fully saturated rings. The molecule has 0 N–H and O–H groups in total. The Hall–Kier alpha value is -1.18. The van der Waals surface area contributed by atoms with E-state index in [1.807, 2.05) is 0 Å². The summed E-state index contributed by atoms with van der Waals surface area (Å²) < 4.78 is 11.2. The molecule has 2 heteroatoms. The monoisotopic (exact) mass is 356 g/mol. The first-order valence-corrected chi connectivity index (χ1v) is 10.5. The van der Waals surface area contributed by atoms with Gasteiger partial charge in [-0.1, -0.05) is 34.1 Å². The number of fused-ring (bicyclic) bond motifs is 5. The quantitative estimate of drug-likeness (QED) is 0.632. The number of aryl methyl sites for hydroxylation is 1. The predicted octanol–water partition coefficient (Wildman–Crippen LogP) is 6.15. The molecule has 4 rings (SSSR count). The van der Waals surface area contributed by atoms with Crippen LogP contribution in [0.3, 0.4) is 0 Å². The Labute approximate surface area is 159 Å². The van der Waals surface area contributed by atoms with Crippen molar-refractivity contribution >= 4 is 0 Å². The predicted molar refractivity (Wildman–Crippen MR) is 107 cm³/mol. The van der Waals surface area contributed by atoms with Gasteiger partial charge in [-0.2, -0.15) is 0 Å². The first kappa shape index (κ1) is 18.2. The molecule has 2 unspecified atom stereocenters. The van der Waals surface area contributed by atoms with Crippen molar-refractivity contribution in [2.24, 2.45) is 22.7 Å². The van der Waals surface area contributed by atoms with E-state index in [0.717, 1.165) is 23.3 Å². The van der Waals surface area contributed by atoms with Crippen molar-refractivity contribution in [2.75, 3.05) is 14.2 Å². The van der Waals surface area contributed by atoms with E-state index in [9.17, 15) is 0 Å². The zero-order valence-electron chi connectivity index (χ0n) is 17.6. The summed E-state index contributed by atoms with van der Waals surface area (Å²) in [5, 5.41) is 0. The number of hydrogen-bond acceptors (Lipinski definition) is 2. The largest absolute Gasteiger partial charge is 0.493 e. The van der Waals surface area contributed by atoms with Crippen LogP contribution < -0.4 is 9.47 Å². The summed E-state index contributed by atoms with van der Waals surface area (Å²) in [5.41, 5.74) is 4.26. The summed E-state index contributed by atoms with van der Waals surface area (Å²) in [4.78, 5) is 0. The first-order valence-electron chi connectivity index (χ1n) is 10.5. The zero-order valence-corrected chi connectivity index (χ0v) is 17.6. The van der Waals surface area contributed by atoms with Gasteiger partial charge in [-0.15, -0.1) is 0 Å². The number of benzene rings is 1. The summed E-state index contributed by atoms with van der Waals surface area (Å²) in [6.07, 6.45) is 9.38. The minimum Gasteiger partial charge on any atom is -0.493 e. The molecule has 3 aliphatic carbocycles. The maximum absolute atomic E-state index is 5.67. The van der Waals surface area contributed by atoms with Gasteiger partial charge < -0.3 is 9.47 Å². The van der Waals surface area contributed by atoms with Crippen LogP contribution >= 0.6 is 0 Å². The van der Waals surface area contributed by atoms with Gasteiger partial charge in [-0.3, -0.25) is 0 Å². The Kier molecular flexibility index (Phi) is 4.13. The first-order chi connectivity index (χ1) is 12.3. The van der Waals surface area contributed by atoms with Gasteiger partial charge in [0.05, 0.1) is 14.2 Å². The maximum atomic E-state index is 5.67. The highest BCUT2D eigenvalue weighted by molar-refractivity contribution is 5.52. The number of methoxy groups -OCH3 is 2. The highest BCUT2D eigenvalue weighted by atomic mass is 16.5. The molecule has 144 valence electrons. The van der Waals surface area contributed by atoms with Gasteiger partial charge in [0.15, 0.2) is 11.5 Å². The lowest BCUT2D eigenvalue weighted by Gasteiger charge is -2.64. The minimum atomic E-state index is 0.270. The standard InChI is InChI=1S/C24H36O2/c1-22(2)11-7-12-24(4)20(22)10-13-23(3)17-15-19(26-6)18(25-5)14-16(17)8-9-21(23)24/h14-15,20-21H,7-13H2,1-6H3/t20?,21?,23-,24-/m0/s1. The lowest BCUT2D eigenvalue weighted by molar-refractivity contribution is -0.110. The molecule has 0 saturated heterocycles. The fraction of sp³-hybridized carbons (Fsp3) is 0.750. The summed E-state index contributed by atoms with van der Waals surface area (Å²) in [6, 6.07) is 4.55. The van der Waals surface area contributed by atoms with Crippen molar-refractivity contribution < 1.29 is 9.47 Å². The molecule has 26 heavy (non-hydrogen) atoms. The lowest BCUT2D eigenvalue weighted by atomic mass is 9.40. The van der Waals surface area contributed by atoms with Crippen LogP contribution in [0.5, 0.6) is 11.5 Å². The number of hydrogen-bond donors (Lipinski definition) is 0. The molecule has 0 heterocycles. The van der Waals surface area contributed by atoms with Gasteiger partial charge >= 0.3 is 0 Å². The number of rotatable bonds is 2. The third kappa shape index (κ3) is 2.36. The molecule has 0 aromatic heterocycles. The van der Waals surface area contributed by atoms with Gasteiger partial charge in [0.1, 0.15) is 0 Å². The summed E-state index contributed by atoms with van der Waals surface area (Å²) in [7, 11) is 3.50. The maximum Gasteiger partial charge on any atom is 0.161 e. The van der Waals surface area contributed by atoms with Gasteiger partial charge in [0.25, 0.3) is 0 Å². The molecule has 0 aliphatic heterocycles. The highest BCUT2D eigenvalue weighted by Gasteiger charge is 2.59. The Balaban J connectivity index is 1.81. The van der Waals surface area contributed by atoms with E-state index in [1.54, 1.807) is 14.2 Å². The molecule has 0 spiro atoms. The SMILES string of the molecule is COc1cc2c(cc1OC)[C@]1(C)CCC3C(C)(C)CCC[C@]3(C)C1CC2. The molecule has 2 nitrogen and oxygen atoms in total. The summed E-state index contributed by atoms with van der Waals surface area (Å²) in [5.74, 6) is 3.42. The van der Waals surface area contributed by atoms with Crippen molar-refractivity contribution in [3.8, 4) is 11.5 Å². The van der Waals surface area contributed by atoms with Crippen LogP contribution in [-0.2, 0) is 11.8 Å². The molecular weight excluding hydrogens is 320 g/mol. The van der Waals surface area contributed by atoms with Gasteiger partial charge in [0.2, 0.25) is 0 Å². The Morgan fingerprint density at radius 3 is 2.23 bits per heavy atom. The fourth-order valence-corrected chi connectivity index (χ4v) is 7.58. The third-order valence-corrected chi connectivity index (χ3v) is 8.72.